The monoisotopic (exact) mass is 298 g/mol. The first kappa shape index (κ1) is 16.3. The molecule has 21 heavy (non-hydrogen) atoms. The molecule has 1 aromatic carbocycles. The third-order valence-electron chi connectivity index (χ3n) is 4.30. The summed E-state index contributed by atoms with van der Waals surface area (Å²) in [5.74, 6) is -0.707. The highest BCUT2D eigenvalue weighted by molar-refractivity contribution is 5.20. The van der Waals surface area contributed by atoms with Gasteiger partial charge in [-0.25, -0.2) is 8.78 Å². The normalized spacial score (nSPS) is 24.7. The van der Waals surface area contributed by atoms with E-state index in [1.807, 2.05) is 0 Å². The summed E-state index contributed by atoms with van der Waals surface area (Å²) in [6, 6.07) is 3.74. The lowest BCUT2D eigenvalue weighted by Gasteiger charge is -2.23. The van der Waals surface area contributed by atoms with E-state index in [4.69, 9.17) is 0 Å². The first-order valence-corrected chi connectivity index (χ1v) is 7.39. The van der Waals surface area contributed by atoms with Crippen LogP contribution in [0.5, 0.6) is 0 Å². The molecule has 1 fully saturated rings. The van der Waals surface area contributed by atoms with Crippen molar-refractivity contribution >= 4 is 0 Å². The summed E-state index contributed by atoms with van der Waals surface area (Å²) in [7, 11) is 4.16. The molecule has 0 amide bonds. The number of likely N-dealkylation sites (tertiary alicyclic amines) is 1. The summed E-state index contributed by atoms with van der Waals surface area (Å²) in [5.41, 5.74) is 0.309. The van der Waals surface area contributed by atoms with Crippen molar-refractivity contribution in [1.29, 1.82) is 0 Å². The van der Waals surface area contributed by atoms with Gasteiger partial charge in [0.2, 0.25) is 0 Å². The standard InChI is InChI=1S/C16H24F2N2O/c1-11-9-20(10-15(11)19(2)3)5-4-16(21)12-6-13(17)8-14(18)7-12/h6-8,11,15-16,21H,4-5,9-10H2,1-3H3. The van der Waals surface area contributed by atoms with Crippen molar-refractivity contribution in [3.8, 4) is 0 Å². The van der Waals surface area contributed by atoms with Gasteiger partial charge in [-0.15, -0.1) is 0 Å². The van der Waals surface area contributed by atoms with Crippen LogP contribution in [-0.2, 0) is 0 Å². The SMILES string of the molecule is CC1CN(CCC(O)c2cc(F)cc(F)c2)CC1N(C)C. The predicted octanol–water partition coefficient (Wildman–Crippen LogP) is 2.27. The van der Waals surface area contributed by atoms with Crippen molar-refractivity contribution in [1.82, 2.24) is 9.80 Å². The van der Waals surface area contributed by atoms with Gasteiger partial charge < -0.3 is 14.9 Å². The van der Waals surface area contributed by atoms with Gasteiger partial charge in [0.05, 0.1) is 6.10 Å². The van der Waals surface area contributed by atoms with Crippen LogP contribution in [0, 0.1) is 17.6 Å². The summed E-state index contributed by atoms with van der Waals surface area (Å²) < 4.78 is 26.3. The Labute approximate surface area is 125 Å². The van der Waals surface area contributed by atoms with E-state index in [0.717, 1.165) is 25.7 Å². The van der Waals surface area contributed by atoms with Crippen LogP contribution < -0.4 is 0 Å². The largest absolute Gasteiger partial charge is 0.388 e. The molecule has 0 spiro atoms. The minimum atomic E-state index is -0.830. The zero-order chi connectivity index (χ0) is 15.6. The molecule has 1 aliphatic rings. The van der Waals surface area contributed by atoms with Crippen molar-refractivity contribution in [2.45, 2.75) is 25.5 Å². The second-order valence-electron chi connectivity index (χ2n) is 6.28. The minimum absolute atomic E-state index is 0.309. The van der Waals surface area contributed by atoms with Gasteiger partial charge in [0, 0.05) is 31.7 Å². The van der Waals surface area contributed by atoms with Gasteiger partial charge in [0.1, 0.15) is 11.6 Å². The van der Waals surface area contributed by atoms with E-state index in [2.05, 4.69) is 30.8 Å². The maximum Gasteiger partial charge on any atom is 0.126 e. The molecule has 3 atom stereocenters. The highest BCUT2D eigenvalue weighted by Gasteiger charge is 2.30. The highest BCUT2D eigenvalue weighted by Crippen LogP contribution is 2.23. The fourth-order valence-electron chi connectivity index (χ4n) is 3.14. The first-order valence-electron chi connectivity index (χ1n) is 7.39. The molecule has 0 radical (unpaired) electrons. The predicted molar refractivity (Wildman–Crippen MR) is 79.0 cm³/mol. The van der Waals surface area contributed by atoms with Crippen LogP contribution in [0.3, 0.4) is 0 Å². The van der Waals surface area contributed by atoms with Gasteiger partial charge in [-0.2, -0.15) is 0 Å². The molecule has 1 saturated heterocycles. The molecular formula is C16H24F2N2O. The Morgan fingerprint density at radius 2 is 1.86 bits per heavy atom. The number of hydrogen-bond donors (Lipinski definition) is 1. The number of aliphatic hydroxyl groups excluding tert-OH is 1. The van der Waals surface area contributed by atoms with E-state index < -0.39 is 17.7 Å². The maximum absolute atomic E-state index is 13.2. The third kappa shape index (κ3) is 4.22. The van der Waals surface area contributed by atoms with E-state index in [-0.39, 0.29) is 0 Å². The van der Waals surface area contributed by atoms with Crippen LogP contribution in [-0.4, -0.2) is 54.7 Å². The van der Waals surface area contributed by atoms with Gasteiger partial charge in [-0.3, -0.25) is 0 Å². The lowest BCUT2D eigenvalue weighted by molar-refractivity contribution is 0.145. The molecule has 0 aromatic heterocycles. The Bertz CT molecular complexity index is 461. The average molecular weight is 298 g/mol. The summed E-state index contributed by atoms with van der Waals surface area (Å²) in [6.07, 6.45) is -0.348. The fourth-order valence-corrected chi connectivity index (χ4v) is 3.14. The number of benzene rings is 1. The van der Waals surface area contributed by atoms with E-state index in [0.29, 0.717) is 23.9 Å². The van der Waals surface area contributed by atoms with Crippen molar-refractivity contribution < 1.29 is 13.9 Å². The molecular weight excluding hydrogens is 274 g/mol. The second-order valence-corrected chi connectivity index (χ2v) is 6.28. The third-order valence-corrected chi connectivity index (χ3v) is 4.30. The Morgan fingerprint density at radius 3 is 2.38 bits per heavy atom. The van der Waals surface area contributed by atoms with E-state index >= 15 is 0 Å². The van der Waals surface area contributed by atoms with Crippen molar-refractivity contribution in [3.05, 3.63) is 35.4 Å². The first-order chi connectivity index (χ1) is 9.86. The molecule has 3 unspecified atom stereocenters. The molecule has 1 aliphatic heterocycles. The smallest absolute Gasteiger partial charge is 0.126 e. The topological polar surface area (TPSA) is 26.7 Å². The molecule has 5 heteroatoms. The van der Waals surface area contributed by atoms with Crippen LogP contribution in [0.2, 0.25) is 0 Å². The van der Waals surface area contributed by atoms with Crippen LogP contribution in [0.25, 0.3) is 0 Å². The average Bonchev–Trinajstić information content (AvgIpc) is 2.76. The van der Waals surface area contributed by atoms with Crippen molar-refractivity contribution in [3.63, 3.8) is 0 Å². The van der Waals surface area contributed by atoms with Crippen molar-refractivity contribution in [2.75, 3.05) is 33.7 Å². The molecule has 1 N–H and O–H groups in total. The van der Waals surface area contributed by atoms with Crippen LogP contribution in [0.1, 0.15) is 25.0 Å². The maximum atomic E-state index is 13.2. The summed E-state index contributed by atoms with van der Waals surface area (Å²) >= 11 is 0. The molecule has 0 saturated carbocycles. The number of halogens is 2. The van der Waals surface area contributed by atoms with Crippen LogP contribution >= 0.6 is 0 Å². The van der Waals surface area contributed by atoms with Gasteiger partial charge in [-0.1, -0.05) is 6.92 Å². The summed E-state index contributed by atoms with van der Waals surface area (Å²) in [4.78, 5) is 4.53. The Kier molecular flexibility index (Phi) is 5.30. The fraction of sp³-hybridized carbons (Fsp3) is 0.625. The molecule has 2 rings (SSSR count). The Hall–Kier alpha value is -1.04. The molecule has 3 nitrogen and oxygen atoms in total. The van der Waals surface area contributed by atoms with Gasteiger partial charge in [0.15, 0.2) is 0 Å². The Morgan fingerprint density at radius 1 is 1.24 bits per heavy atom. The van der Waals surface area contributed by atoms with Crippen LogP contribution in [0.4, 0.5) is 8.78 Å². The van der Waals surface area contributed by atoms with Gasteiger partial charge >= 0.3 is 0 Å². The number of rotatable bonds is 5. The number of aliphatic hydroxyl groups is 1. The zero-order valence-electron chi connectivity index (χ0n) is 12.9. The van der Waals surface area contributed by atoms with Gasteiger partial charge in [-0.05, 0) is 44.1 Å². The highest BCUT2D eigenvalue weighted by atomic mass is 19.1. The van der Waals surface area contributed by atoms with E-state index in [9.17, 15) is 13.9 Å². The number of hydrogen-bond acceptors (Lipinski definition) is 3. The van der Waals surface area contributed by atoms with Crippen molar-refractivity contribution in [2.24, 2.45) is 5.92 Å². The molecule has 118 valence electrons. The lowest BCUT2D eigenvalue weighted by Crippen LogP contribution is -2.34. The lowest BCUT2D eigenvalue weighted by atomic mass is 10.1. The molecule has 1 aromatic rings. The quantitative estimate of drug-likeness (QED) is 0.903. The molecule has 1 heterocycles. The molecule has 0 aliphatic carbocycles. The van der Waals surface area contributed by atoms with E-state index in [1.165, 1.54) is 12.1 Å². The Balaban J connectivity index is 1.88. The second kappa shape index (κ2) is 6.81. The summed E-state index contributed by atoms with van der Waals surface area (Å²) in [5, 5.41) is 10.1. The number of nitrogens with zero attached hydrogens (tertiary/aromatic N) is 2. The van der Waals surface area contributed by atoms with Crippen LogP contribution in [0.15, 0.2) is 18.2 Å². The van der Waals surface area contributed by atoms with E-state index in [1.54, 1.807) is 0 Å². The number of likely N-dealkylation sites (N-methyl/N-ethyl adjacent to an activating group) is 1. The zero-order valence-corrected chi connectivity index (χ0v) is 12.9. The minimum Gasteiger partial charge on any atom is -0.388 e. The molecule has 0 bridgehead atoms. The van der Waals surface area contributed by atoms with Gasteiger partial charge in [0.25, 0.3) is 0 Å². The summed E-state index contributed by atoms with van der Waals surface area (Å²) in [6.45, 7) is 4.92.